The fourth-order valence-electron chi connectivity index (χ4n) is 0. The molecule has 0 spiro atoms. The normalized spacial score (nSPS) is 0. The average Bonchev–Trinajstić information content (AvgIpc) is 0. The fourth-order valence-corrected chi connectivity index (χ4v) is 0. The molecule has 0 saturated heterocycles. The van der Waals surface area contributed by atoms with E-state index < -0.39 is 0 Å². The number of hydrogen-bond acceptors (Lipinski definition) is 0. The van der Waals surface area contributed by atoms with Crippen LogP contribution in [0.5, 0.6) is 0 Å². The van der Waals surface area contributed by atoms with Crippen molar-refractivity contribution in [2.24, 2.45) is 0 Å². The van der Waals surface area contributed by atoms with E-state index in [1.807, 2.05) is 0 Å². The zero-order valence-corrected chi connectivity index (χ0v) is 11.2. The third kappa shape index (κ3) is 8.83. The van der Waals surface area contributed by atoms with Crippen LogP contribution in [0.1, 0.15) is 2.85 Å². The van der Waals surface area contributed by atoms with E-state index in [1.165, 1.54) is 0 Å². The van der Waals surface area contributed by atoms with Crippen LogP contribution in [-0.4, -0.2) is 29.4 Å². The summed E-state index contributed by atoms with van der Waals surface area (Å²) in [4.78, 5) is 0. The van der Waals surface area contributed by atoms with Crippen LogP contribution in [0, 0.1) is 0 Å². The van der Waals surface area contributed by atoms with Gasteiger partial charge < -0.3 is 8.33 Å². The first-order chi connectivity index (χ1) is 0. The van der Waals surface area contributed by atoms with Crippen LogP contribution < -0.4 is 59.1 Å². The van der Waals surface area contributed by atoms with Gasteiger partial charge in [-0.05, 0) is 0 Å². The van der Waals surface area contributed by atoms with Crippen molar-refractivity contribution < 1.29 is 67.4 Å². The molecule has 2 radical (unpaired) electrons. The van der Waals surface area contributed by atoms with Crippen LogP contribution in [0.3, 0.4) is 0 Å². The summed E-state index contributed by atoms with van der Waals surface area (Å²) in [5.41, 5.74) is 0. The first kappa shape index (κ1) is 29.5. The van der Waals surface area contributed by atoms with Crippen LogP contribution in [0.15, 0.2) is 0 Å². The minimum atomic E-state index is 0. The summed E-state index contributed by atoms with van der Waals surface area (Å²) in [6, 6.07) is 0. The molecular formula is H6Na2OSn. The third-order valence-corrected chi connectivity index (χ3v) is 0. The predicted molar refractivity (Wildman–Crippen MR) is 14.4 cm³/mol. The van der Waals surface area contributed by atoms with Gasteiger partial charge in [0.2, 0.25) is 0 Å². The maximum atomic E-state index is 0. The van der Waals surface area contributed by atoms with Gasteiger partial charge in [-0.25, -0.2) is 0 Å². The molecule has 0 fully saturated rings. The van der Waals surface area contributed by atoms with Crippen LogP contribution in [0.25, 0.3) is 0 Å². The Labute approximate surface area is 89.7 Å². The van der Waals surface area contributed by atoms with Gasteiger partial charge in [-0.15, -0.1) is 0 Å². The predicted octanol–water partition coefficient (Wildman–Crippen LogP) is -7.51. The second-order valence-corrected chi connectivity index (χ2v) is 0. The number of rotatable bonds is 0. The molecule has 0 amide bonds. The molecule has 0 rings (SSSR count). The molecule has 0 atom stereocenters. The van der Waals surface area contributed by atoms with Crippen LogP contribution in [0.2, 0.25) is 0 Å². The van der Waals surface area contributed by atoms with Crippen molar-refractivity contribution in [3.8, 4) is 0 Å². The van der Waals surface area contributed by atoms with Crippen LogP contribution in [-0.2, 0) is 0 Å². The van der Waals surface area contributed by atoms with Crippen molar-refractivity contribution >= 4 is 23.9 Å². The van der Waals surface area contributed by atoms with Gasteiger partial charge in [0.1, 0.15) is 0 Å². The van der Waals surface area contributed by atoms with E-state index in [1.54, 1.807) is 0 Å². The third-order valence-electron chi connectivity index (χ3n) is 0. The molecular weight excluding hydrogens is 181 g/mol. The number of hydrogen-bond donors (Lipinski definition) is 0. The van der Waals surface area contributed by atoms with Gasteiger partial charge in [-0.3, -0.25) is 0 Å². The van der Waals surface area contributed by atoms with Crippen molar-refractivity contribution in [2.75, 3.05) is 0 Å². The molecule has 0 aliphatic carbocycles. The Balaban J connectivity index is 0. The SMILES string of the molecule is O.[H-].[H-].[Na+].[Na+].[SnH2]. The van der Waals surface area contributed by atoms with Gasteiger partial charge >= 0.3 is 83.0 Å². The molecule has 4 heavy (non-hydrogen) atoms. The second-order valence-electron chi connectivity index (χ2n) is 0. The standard InChI is InChI=1S/2Na.H2O.Sn.4H/h;;1H2;;;;;/q2*+1;;;;;2*-1. The summed E-state index contributed by atoms with van der Waals surface area (Å²) in [6.07, 6.45) is 0. The van der Waals surface area contributed by atoms with E-state index in [0.29, 0.717) is 0 Å². The van der Waals surface area contributed by atoms with Gasteiger partial charge in [-0.2, -0.15) is 0 Å². The summed E-state index contributed by atoms with van der Waals surface area (Å²) >= 11 is 0. The molecule has 0 aromatic heterocycles. The molecule has 0 heterocycles. The molecule has 0 aliphatic heterocycles. The summed E-state index contributed by atoms with van der Waals surface area (Å²) in [5.74, 6) is 0. The van der Waals surface area contributed by atoms with Gasteiger partial charge in [0, 0.05) is 0 Å². The molecule has 0 aromatic carbocycles. The van der Waals surface area contributed by atoms with E-state index in [4.69, 9.17) is 0 Å². The van der Waals surface area contributed by atoms with Crippen molar-refractivity contribution in [1.29, 1.82) is 0 Å². The molecule has 18 valence electrons. The Bertz CT molecular complexity index is 11.5. The van der Waals surface area contributed by atoms with Gasteiger partial charge in [0.15, 0.2) is 0 Å². The summed E-state index contributed by atoms with van der Waals surface area (Å²) in [5, 5.41) is 0. The zero-order valence-electron chi connectivity index (χ0n) is 5.21. The maximum absolute atomic E-state index is 0. The van der Waals surface area contributed by atoms with Gasteiger partial charge in [-0.1, -0.05) is 0 Å². The Morgan fingerprint density at radius 3 is 1.00 bits per heavy atom. The summed E-state index contributed by atoms with van der Waals surface area (Å²) in [6.45, 7) is 0. The zero-order chi connectivity index (χ0) is 0. The van der Waals surface area contributed by atoms with Crippen molar-refractivity contribution in [3.05, 3.63) is 0 Å². The van der Waals surface area contributed by atoms with Crippen LogP contribution >= 0.6 is 0 Å². The van der Waals surface area contributed by atoms with E-state index in [-0.39, 0.29) is 91.4 Å². The first-order valence-corrected chi connectivity index (χ1v) is 0. The molecule has 0 aromatic rings. The van der Waals surface area contributed by atoms with E-state index in [2.05, 4.69) is 0 Å². The topological polar surface area (TPSA) is 31.5 Å². The monoisotopic (exact) mass is 188 g/mol. The second kappa shape index (κ2) is 17.1. The van der Waals surface area contributed by atoms with E-state index >= 15 is 0 Å². The quantitative estimate of drug-likeness (QED) is 0.337. The Morgan fingerprint density at radius 1 is 1.00 bits per heavy atom. The molecule has 0 aliphatic rings. The minimum absolute atomic E-state index is 0. The van der Waals surface area contributed by atoms with Gasteiger partial charge in [0.25, 0.3) is 0 Å². The Morgan fingerprint density at radius 2 is 1.00 bits per heavy atom. The van der Waals surface area contributed by atoms with Crippen LogP contribution in [0.4, 0.5) is 0 Å². The Hall–Kier alpha value is 2.76. The molecule has 0 unspecified atom stereocenters. The van der Waals surface area contributed by atoms with Gasteiger partial charge in [0.05, 0.1) is 0 Å². The molecule has 1 nitrogen and oxygen atoms in total. The Kier molecular flexibility index (Phi) is 126. The average molecular weight is 187 g/mol. The first-order valence-electron chi connectivity index (χ1n) is 0. The van der Waals surface area contributed by atoms with E-state index in [0.717, 1.165) is 0 Å². The van der Waals surface area contributed by atoms with Crippen molar-refractivity contribution in [2.45, 2.75) is 0 Å². The summed E-state index contributed by atoms with van der Waals surface area (Å²) < 4.78 is 0. The van der Waals surface area contributed by atoms with Crippen molar-refractivity contribution in [3.63, 3.8) is 0 Å². The van der Waals surface area contributed by atoms with Crippen molar-refractivity contribution in [1.82, 2.24) is 0 Å². The van der Waals surface area contributed by atoms with E-state index in [9.17, 15) is 0 Å². The molecule has 0 saturated carbocycles. The fraction of sp³-hybridized carbons (Fsp3) is 0. The molecule has 4 heteroatoms. The molecule has 0 bridgehead atoms. The molecule has 2 N–H and O–H groups in total. The summed E-state index contributed by atoms with van der Waals surface area (Å²) in [7, 11) is 0.